The van der Waals surface area contributed by atoms with Gasteiger partial charge < -0.3 is 44.9 Å². The van der Waals surface area contributed by atoms with Gasteiger partial charge in [-0.3, -0.25) is 14.4 Å². The van der Waals surface area contributed by atoms with Crippen LogP contribution in [0.2, 0.25) is 0 Å². The predicted octanol–water partition coefficient (Wildman–Crippen LogP) is 14.3. The lowest BCUT2D eigenvalue weighted by molar-refractivity contribution is -0.117. The van der Waals surface area contributed by atoms with E-state index in [4.69, 9.17) is 14.2 Å². The molecule has 12 nitrogen and oxygen atoms in total. The molecule has 73 heavy (non-hydrogen) atoms. The fraction of sp³-hybridized carbons (Fsp3) is 0.431. The number of carbonyl (C=O) groups is 3. The fourth-order valence-corrected chi connectivity index (χ4v) is 13.6. The lowest BCUT2D eigenvalue weighted by Gasteiger charge is -2.28. The van der Waals surface area contributed by atoms with Crippen molar-refractivity contribution >= 4 is 87.1 Å². The van der Waals surface area contributed by atoms with E-state index in [1.807, 2.05) is 53.5 Å². The Morgan fingerprint density at radius 2 is 0.932 bits per heavy atom. The summed E-state index contributed by atoms with van der Waals surface area (Å²) < 4.78 is 18.4. The van der Waals surface area contributed by atoms with E-state index in [2.05, 4.69) is 92.2 Å². The number of rotatable bonds is 24. The summed E-state index contributed by atoms with van der Waals surface area (Å²) in [6, 6.07) is 24.2. The molecule has 15 heteroatoms. The van der Waals surface area contributed by atoms with Crippen LogP contribution in [0.1, 0.15) is 116 Å². The topological polar surface area (TPSA) is 125 Å². The van der Waals surface area contributed by atoms with E-state index >= 15 is 0 Å². The van der Waals surface area contributed by atoms with Gasteiger partial charge in [-0.2, -0.15) is 0 Å². The Hall–Kier alpha value is -5.64. The Morgan fingerprint density at radius 1 is 0.521 bits per heavy atom. The molecule has 0 spiro atoms. The average molecular weight is 1040 g/mol. The van der Waals surface area contributed by atoms with Gasteiger partial charge in [0.25, 0.3) is 0 Å². The molecule has 6 heterocycles. The van der Waals surface area contributed by atoms with Crippen molar-refractivity contribution in [2.45, 2.75) is 131 Å². The highest BCUT2D eigenvalue weighted by atomic mass is 32.2. The van der Waals surface area contributed by atoms with E-state index in [0.29, 0.717) is 101 Å². The van der Waals surface area contributed by atoms with Crippen molar-refractivity contribution in [1.82, 2.24) is 0 Å². The number of fused-ring (bicyclic) bond motifs is 9. The van der Waals surface area contributed by atoms with Crippen molar-refractivity contribution in [2.24, 2.45) is 5.92 Å². The quantitative estimate of drug-likeness (QED) is 0.0579. The maximum atomic E-state index is 13.3. The molecule has 3 amide bonds. The van der Waals surface area contributed by atoms with Crippen molar-refractivity contribution in [3.63, 3.8) is 0 Å². The first kappa shape index (κ1) is 50.9. The highest BCUT2D eigenvalue weighted by Gasteiger charge is 2.31. The molecule has 1 atom stereocenters. The van der Waals surface area contributed by atoms with Crippen LogP contribution in [0.3, 0.4) is 0 Å². The highest BCUT2D eigenvalue weighted by Crippen LogP contribution is 2.51. The van der Waals surface area contributed by atoms with Crippen LogP contribution in [0.4, 0.5) is 34.1 Å². The van der Waals surface area contributed by atoms with Crippen LogP contribution < -0.4 is 44.9 Å². The van der Waals surface area contributed by atoms with E-state index in [0.717, 1.165) is 62.6 Å². The second-order valence-corrected chi connectivity index (χ2v) is 22.8. The number of hydrogen-bond donors (Lipinski definition) is 3. The molecule has 6 aliphatic heterocycles. The molecular weight excluding hydrogens is 973 g/mol. The minimum atomic E-state index is -0.152. The van der Waals surface area contributed by atoms with Gasteiger partial charge in [0.1, 0.15) is 17.2 Å². The lowest BCUT2D eigenvalue weighted by Crippen LogP contribution is -2.26. The molecule has 0 saturated heterocycles. The molecule has 3 N–H and O–H groups in total. The monoisotopic (exact) mass is 1040 g/mol. The largest absolute Gasteiger partial charge is 0.494 e. The van der Waals surface area contributed by atoms with Crippen LogP contribution in [-0.4, -0.2) is 57.2 Å². The number of nitrogens with zero attached hydrogens (tertiary/aromatic N) is 3. The molecule has 0 aromatic heterocycles. The lowest BCUT2D eigenvalue weighted by atomic mass is 9.96. The summed E-state index contributed by atoms with van der Waals surface area (Å²) in [5.74, 6) is 2.74. The van der Waals surface area contributed by atoms with Crippen LogP contribution in [0.15, 0.2) is 121 Å². The van der Waals surface area contributed by atoms with Crippen molar-refractivity contribution < 1.29 is 28.6 Å². The molecule has 384 valence electrons. The Kier molecular flexibility index (Phi) is 17.1. The molecule has 6 aliphatic rings. The Bertz CT molecular complexity index is 2640. The van der Waals surface area contributed by atoms with Crippen molar-refractivity contribution in [3.8, 4) is 17.2 Å². The number of thioether (sulfide) groups is 3. The molecule has 4 aromatic carbocycles. The molecule has 0 saturated carbocycles. The van der Waals surface area contributed by atoms with E-state index in [9.17, 15) is 14.4 Å². The number of hydrogen-bond acceptors (Lipinski definition) is 12. The standard InChI is InChI=1S/C58H68N6O6S3/c1-2-3-14-40-26-29-64-49-39-46(22-25-52(49)73-58(64)33-40)70-32-13-8-17-55(67)61-43-35-41(59-53(65)15-6-11-30-68-44-20-23-50-47(37-44)62-27-9-4-18-56(62)71-50)34-42(36-43)60-54(66)16-7-12-31-69-45-21-24-51-48(38-45)63-28-10-5-19-57(63)72-51/h18-25,33-40H,2-17,26-32H2,1H3,(H,59,65)(H,60,66)(H,61,67). The van der Waals surface area contributed by atoms with Crippen molar-refractivity contribution in [2.75, 3.05) is 70.1 Å². The molecule has 0 aliphatic carbocycles. The average Bonchev–Trinajstić information content (AvgIpc) is 4.08. The summed E-state index contributed by atoms with van der Waals surface area (Å²) in [5.41, 5.74) is 5.14. The van der Waals surface area contributed by atoms with Gasteiger partial charge in [-0.25, -0.2) is 0 Å². The normalized spacial score (nSPS) is 17.0. The Balaban J connectivity index is 0.687. The maximum Gasteiger partial charge on any atom is 0.224 e. The molecule has 0 radical (unpaired) electrons. The van der Waals surface area contributed by atoms with E-state index in [-0.39, 0.29) is 17.7 Å². The molecule has 4 aromatic rings. The summed E-state index contributed by atoms with van der Waals surface area (Å²) in [4.78, 5) is 50.9. The summed E-state index contributed by atoms with van der Waals surface area (Å²) >= 11 is 5.50. The fourth-order valence-electron chi connectivity index (χ4n) is 10.1. The van der Waals surface area contributed by atoms with E-state index < -0.39 is 0 Å². The Labute approximate surface area is 443 Å². The van der Waals surface area contributed by atoms with Gasteiger partial charge >= 0.3 is 0 Å². The third kappa shape index (κ3) is 13.2. The smallest absolute Gasteiger partial charge is 0.224 e. The number of amides is 3. The third-order valence-electron chi connectivity index (χ3n) is 13.9. The van der Waals surface area contributed by atoms with Gasteiger partial charge in [0.05, 0.1) is 52.0 Å². The number of benzene rings is 4. The minimum absolute atomic E-state index is 0.151. The van der Waals surface area contributed by atoms with Crippen molar-refractivity contribution in [3.05, 3.63) is 106 Å². The second-order valence-electron chi connectivity index (χ2n) is 19.6. The van der Waals surface area contributed by atoms with Gasteiger partial charge in [-0.05, 0) is 138 Å². The van der Waals surface area contributed by atoms with Crippen LogP contribution in [0.25, 0.3) is 0 Å². The minimum Gasteiger partial charge on any atom is -0.494 e. The van der Waals surface area contributed by atoms with Crippen LogP contribution in [-0.2, 0) is 14.4 Å². The molecule has 0 fully saturated rings. The third-order valence-corrected chi connectivity index (χ3v) is 17.4. The van der Waals surface area contributed by atoms with Crippen LogP contribution >= 0.6 is 35.3 Å². The summed E-state index contributed by atoms with van der Waals surface area (Å²) in [7, 11) is 0. The first-order valence-electron chi connectivity index (χ1n) is 26.7. The first-order valence-corrected chi connectivity index (χ1v) is 29.1. The summed E-state index contributed by atoms with van der Waals surface area (Å²) in [6.07, 6.45) is 21.6. The second kappa shape index (κ2) is 24.6. The van der Waals surface area contributed by atoms with E-state index in [1.165, 1.54) is 72.5 Å². The van der Waals surface area contributed by atoms with Crippen LogP contribution in [0, 0.1) is 5.92 Å². The Morgan fingerprint density at radius 3 is 1.36 bits per heavy atom. The summed E-state index contributed by atoms with van der Waals surface area (Å²) in [5, 5.41) is 13.0. The number of allylic oxidation sites excluding steroid dienone is 3. The van der Waals surface area contributed by atoms with Crippen LogP contribution in [0.5, 0.6) is 17.2 Å². The zero-order chi connectivity index (χ0) is 49.9. The number of nitrogens with one attached hydrogen (secondary N) is 3. The van der Waals surface area contributed by atoms with Gasteiger partial charge in [-0.1, -0.05) is 73.3 Å². The molecule has 0 bridgehead atoms. The molecular formula is C58H68N6O6S3. The molecule has 1 unspecified atom stereocenters. The first-order chi connectivity index (χ1) is 35.8. The zero-order valence-corrected chi connectivity index (χ0v) is 44.5. The van der Waals surface area contributed by atoms with Gasteiger partial charge in [0.15, 0.2) is 0 Å². The van der Waals surface area contributed by atoms with Gasteiger partial charge in [0.2, 0.25) is 17.7 Å². The van der Waals surface area contributed by atoms with Crippen molar-refractivity contribution in [1.29, 1.82) is 0 Å². The number of carbonyl (C=O) groups excluding carboxylic acids is 3. The van der Waals surface area contributed by atoms with E-state index in [1.54, 1.807) is 18.2 Å². The number of unbranched alkanes of at least 4 members (excludes halogenated alkanes) is 4. The number of ether oxygens (including phenoxy) is 3. The predicted molar refractivity (Wildman–Crippen MR) is 300 cm³/mol. The highest BCUT2D eigenvalue weighted by molar-refractivity contribution is 8.04. The maximum absolute atomic E-state index is 13.3. The number of anilines is 6. The SMILES string of the molecule is CCCCC1C=C2Sc3ccc(OCCCCC(=O)Nc4cc(NC(=O)CCCCOc5ccc6c(c5)N5CCCC=C5S6)cc(NC(=O)CCCCOc5ccc6c(c5)N5CCCC=C5S6)c4)cc3N2CC1. The van der Waals surface area contributed by atoms with Gasteiger partial charge in [-0.15, -0.1) is 0 Å². The van der Waals surface area contributed by atoms with Gasteiger partial charge in [0, 0.05) is 88.8 Å². The zero-order valence-electron chi connectivity index (χ0n) is 42.0. The summed E-state index contributed by atoms with van der Waals surface area (Å²) in [6.45, 7) is 6.88. The molecule has 10 rings (SSSR count).